The van der Waals surface area contributed by atoms with Crippen LogP contribution in [0.2, 0.25) is 0 Å². The molecule has 0 aliphatic heterocycles. The SMILES string of the molecule is COc1ccc(OC)c(CC(=O)Nc2c(C)cccc2C(C)C)c1. The van der Waals surface area contributed by atoms with E-state index in [9.17, 15) is 4.79 Å². The smallest absolute Gasteiger partial charge is 0.228 e. The summed E-state index contributed by atoms with van der Waals surface area (Å²) in [6.45, 7) is 6.25. The van der Waals surface area contributed by atoms with E-state index in [1.165, 1.54) is 0 Å². The third-order valence-corrected chi connectivity index (χ3v) is 4.03. The molecule has 2 rings (SSSR count). The molecule has 0 radical (unpaired) electrons. The first-order valence-corrected chi connectivity index (χ1v) is 8.06. The molecule has 128 valence electrons. The van der Waals surface area contributed by atoms with Gasteiger partial charge < -0.3 is 14.8 Å². The normalized spacial score (nSPS) is 10.6. The fourth-order valence-corrected chi connectivity index (χ4v) is 2.72. The Kier molecular flexibility index (Phi) is 5.85. The minimum Gasteiger partial charge on any atom is -0.497 e. The summed E-state index contributed by atoms with van der Waals surface area (Å²) in [6, 6.07) is 11.5. The minimum atomic E-state index is -0.0715. The molecule has 0 aromatic heterocycles. The van der Waals surface area contributed by atoms with Crippen molar-refractivity contribution in [2.75, 3.05) is 19.5 Å². The van der Waals surface area contributed by atoms with Gasteiger partial charge in [0.15, 0.2) is 0 Å². The number of benzene rings is 2. The van der Waals surface area contributed by atoms with Gasteiger partial charge in [0.25, 0.3) is 0 Å². The highest BCUT2D eigenvalue weighted by molar-refractivity contribution is 5.94. The van der Waals surface area contributed by atoms with Crippen molar-refractivity contribution in [1.82, 2.24) is 0 Å². The van der Waals surface area contributed by atoms with Crippen LogP contribution in [-0.4, -0.2) is 20.1 Å². The van der Waals surface area contributed by atoms with Gasteiger partial charge in [-0.05, 0) is 42.2 Å². The summed E-state index contributed by atoms with van der Waals surface area (Å²) in [5.41, 5.74) is 3.90. The van der Waals surface area contributed by atoms with E-state index >= 15 is 0 Å². The molecule has 1 amide bonds. The van der Waals surface area contributed by atoms with Gasteiger partial charge in [-0.15, -0.1) is 0 Å². The summed E-state index contributed by atoms with van der Waals surface area (Å²) >= 11 is 0. The van der Waals surface area contributed by atoms with Crippen LogP contribution in [-0.2, 0) is 11.2 Å². The summed E-state index contributed by atoms with van der Waals surface area (Å²) in [4.78, 5) is 12.6. The number of anilines is 1. The van der Waals surface area contributed by atoms with Gasteiger partial charge in [-0.2, -0.15) is 0 Å². The maximum atomic E-state index is 12.6. The number of amides is 1. The first kappa shape index (κ1) is 17.9. The Morgan fingerprint density at radius 3 is 2.50 bits per heavy atom. The van der Waals surface area contributed by atoms with Crippen LogP contribution in [0.25, 0.3) is 0 Å². The van der Waals surface area contributed by atoms with Gasteiger partial charge in [0.05, 0.1) is 20.6 Å². The molecule has 24 heavy (non-hydrogen) atoms. The Morgan fingerprint density at radius 2 is 1.88 bits per heavy atom. The second-order valence-electron chi connectivity index (χ2n) is 6.10. The van der Waals surface area contributed by atoms with E-state index < -0.39 is 0 Å². The van der Waals surface area contributed by atoms with Gasteiger partial charge in [0.1, 0.15) is 11.5 Å². The fraction of sp³-hybridized carbons (Fsp3) is 0.350. The largest absolute Gasteiger partial charge is 0.497 e. The van der Waals surface area contributed by atoms with Crippen molar-refractivity contribution >= 4 is 11.6 Å². The highest BCUT2D eigenvalue weighted by Crippen LogP contribution is 2.28. The van der Waals surface area contributed by atoms with Crippen LogP contribution in [0.1, 0.15) is 36.5 Å². The summed E-state index contributed by atoms with van der Waals surface area (Å²) in [5, 5.41) is 3.06. The maximum Gasteiger partial charge on any atom is 0.228 e. The molecule has 0 spiro atoms. The molecule has 0 heterocycles. The lowest BCUT2D eigenvalue weighted by molar-refractivity contribution is -0.115. The molecule has 0 aliphatic carbocycles. The summed E-state index contributed by atoms with van der Waals surface area (Å²) < 4.78 is 10.6. The first-order chi connectivity index (χ1) is 11.5. The topological polar surface area (TPSA) is 47.6 Å². The minimum absolute atomic E-state index is 0.0715. The molecule has 0 aliphatic rings. The van der Waals surface area contributed by atoms with Crippen LogP contribution in [0.5, 0.6) is 11.5 Å². The molecule has 0 fully saturated rings. The molecule has 4 nitrogen and oxygen atoms in total. The Bertz CT molecular complexity index is 723. The Morgan fingerprint density at radius 1 is 1.12 bits per heavy atom. The zero-order valence-electron chi connectivity index (χ0n) is 15.0. The van der Waals surface area contributed by atoms with E-state index in [0.29, 0.717) is 17.4 Å². The van der Waals surface area contributed by atoms with E-state index in [1.54, 1.807) is 14.2 Å². The molecule has 2 aromatic rings. The van der Waals surface area contributed by atoms with Gasteiger partial charge in [-0.3, -0.25) is 4.79 Å². The van der Waals surface area contributed by atoms with Crippen molar-refractivity contribution in [2.24, 2.45) is 0 Å². The van der Waals surface area contributed by atoms with Crippen molar-refractivity contribution < 1.29 is 14.3 Å². The number of hydrogen-bond donors (Lipinski definition) is 1. The predicted molar refractivity (Wildman–Crippen MR) is 97.1 cm³/mol. The van der Waals surface area contributed by atoms with Gasteiger partial charge in [-0.25, -0.2) is 0 Å². The molecule has 0 atom stereocenters. The van der Waals surface area contributed by atoms with E-state index in [1.807, 2.05) is 37.3 Å². The van der Waals surface area contributed by atoms with E-state index in [2.05, 4.69) is 25.2 Å². The highest BCUT2D eigenvalue weighted by atomic mass is 16.5. The Labute approximate surface area is 143 Å². The second kappa shape index (κ2) is 7.86. The number of aryl methyl sites for hydroxylation is 1. The number of nitrogens with one attached hydrogen (secondary N) is 1. The van der Waals surface area contributed by atoms with Gasteiger partial charge >= 0.3 is 0 Å². The molecule has 0 saturated carbocycles. The lowest BCUT2D eigenvalue weighted by Gasteiger charge is -2.17. The van der Waals surface area contributed by atoms with Crippen molar-refractivity contribution in [2.45, 2.75) is 33.1 Å². The van der Waals surface area contributed by atoms with Crippen LogP contribution >= 0.6 is 0 Å². The quantitative estimate of drug-likeness (QED) is 0.859. The summed E-state index contributed by atoms with van der Waals surface area (Å²) in [6.07, 6.45) is 0.228. The van der Waals surface area contributed by atoms with Crippen LogP contribution < -0.4 is 14.8 Å². The molecule has 2 aromatic carbocycles. The Hall–Kier alpha value is -2.49. The molecular formula is C20H25NO3. The number of para-hydroxylation sites is 1. The van der Waals surface area contributed by atoms with E-state index in [4.69, 9.17) is 9.47 Å². The lowest BCUT2D eigenvalue weighted by Crippen LogP contribution is -2.17. The van der Waals surface area contributed by atoms with E-state index in [0.717, 1.165) is 22.4 Å². The molecule has 0 unspecified atom stereocenters. The van der Waals surface area contributed by atoms with Crippen molar-refractivity contribution in [3.05, 3.63) is 53.1 Å². The number of carbonyl (C=O) groups excluding carboxylic acids is 1. The predicted octanol–water partition coefficient (Wildman–Crippen LogP) is 4.32. The third kappa shape index (κ3) is 4.07. The summed E-state index contributed by atoms with van der Waals surface area (Å²) in [7, 11) is 3.20. The molecule has 1 N–H and O–H groups in total. The molecular weight excluding hydrogens is 302 g/mol. The standard InChI is InChI=1S/C20H25NO3/c1-13(2)17-8-6-7-14(3)20(17)21-19(22)12-15-11-16(23-4)9-10-18(15)24-5/h6-11,13H,12H2,1-5H3,(H,21,22). The van der Waals surface area contributed by atoms with Gasteiger partial charge in [0.2, 0.25) is 5.91 Å². The number of ether oxygens (including phenoxy) is 2. The number of rotatable bonds is 6. The van der Waals surface area contributed by atoms with Crippen LogP contribution in [0.3, 0.4) is 0 Å². The van der Waals surface area contributed by atoms with Crippen molar-refractivity contribution in [1.29, 1.82) is 0 Å². The maximum absolute atomic E-state index is 12.6. The van der Waals surface area contributed by atoms with Crippen LogP contribution in [0.4, 0.5) is 5.69 Å². The number of carbonyl (C=O) groups is 1. The van der Waals surface area contributed by atoms with Gasteiger partial charge in [0, 0.05) is 11.3 Å². The first-order valence-electron chi connectivity index (χ1n) is 8.06. The Balaban J connectivity index is 2.23. The highest BCUT2D eigenvalue weighted by Gasteiger charge is 2.14. The summed E-state index contributed by atoms with van der Waals surface area (Å²) in [5.74, 6) is 1.65. The molecule has 0 saturated heterocycles. The fourth-order valence-electron chi connectivity index (χ4n) is 2.72. The molecule has 0 bridgehead atoms. The average molecular weight is 327 g/mol. The number of hydrogen-bond acceptors (Lipinski definition) is 3. The average Bonchev–Trinajstić information content (AvgIpc) is 2.56. The number of methoxy groups -OCH3 is 2. The second-order valence-corrected chi connectivity index (χ2v) is 6.10. The van der Waals surface area contributed by atoms with Crippen LogP contribution in [0.15, 0.2) is 36.4 Å². The lowest BCUT2D eigenvalue weighted by atomic mass is 9.98. The van der Waals surface area contributed by atoms with E-state index in [-0.39, 0.29) is 12.3 Å². The zero-order chi connectivity index (χ0) is 17.7. The third-order valence-electron chi connectivity index (χ3n) is 4.03. The zero-order valence-corrected chi connectivity index (χ0v) is 15.0. The van der Waals surface area contributed by atoms with Gasteiger partial charge in [-0.1, -0.05) is 32.0 Å². The monoisotopic (exact) mass is 327 g/mol. The molecule has 4 heteroatoms. The van der Waals surface area contributed by atoms with Crippen molar-refractivity contribution in [3.63, 3.8) is 0 Å². The van der Waals surface area contributed by atoms with Crippen LogP contribution in [0, 0.1) is 6.92 Å². The van der Waals surface area contributed by atoms with Crippen molar-refractivity contribution in [3.8, 4) is 11.5 Å².